The first kappa shape index (κ1) is 23.5. The molecule has 0 aliphatic carbocycles. The average Bonchev–Trinajstić information content (AvgIpc) is 3.18. The Morgan fingerprint density at radius 1 is 1.00 bits per heavy atom. The van der Waals surface area contributed by atoms with Crippen LogP contribution in [0, 0.1) is 0 Å². The fraction of sp³-hybridized carbons (Fsp3) is 0.167. The van der Waals surface area contributed by atoms with E-state index in [9.17, 15) is 13.2 Å². The summed E-state index contributed by atoms with van der Waals surface area (Å²) in [4.78, 5) is 1.89. The maximum absolute atomic E-state index is 13.1. The zero-order valence-electron chi connectivity index (χ0n) is 17.2. The van der Waals surface area contributed by atoms with Crippen LogP contribution in [0.25, 0.3) is 0 Å². The molecule has 4 rings (SSSR count). The summed E-state index contributed by atoms with van der Waals surface area (Å²) in [6.45, 7) is 4.47. The summed E-state index contributed by atoms with van der Waals surface area (Å²) in [7, 11) is 1.00. The summed E-state index contributed by atoms with van der Waals surface area (Å²) in [6.07, 6.45) is -4.38. The molecule has 0 radical (unpaired) electrons. The molecule has 2 N–H and O–H groups in total. The Morgan fingerprint density at radius 3 is 2.19 bits per heavy atom. The lowest BCUT2D eigenvalue weighted by Crippen LogP contribution is -2.22. The lowest BCUT2D eigenvalue weighted by Gasteiger charge is -2.27. The number of rotatable bonds is 4. The third-order valence-electron chi connectivity index (χ3n) is 4.86. The van der Waals surface area contributed by atoms with E-state index in [4.69, 9.17) is 21.4 Å². The first-order valence-corrected chi connectivity index (χ1v) is 10.1. The Morgan fingerprint density at radius 2 is 1.59 bits per heavy atom. The first-order chi connectivity index (χ1) is 15.3. The molecular weight excluding hydrogens is 441 g/mol. The number of hydrogen-bond donors (Lipinski definition) is 2. The van der Waals surface area contributed by atoms with Gasteiger partial charge in [0.05, 0.1) is 17.4 Å². The number of anilines is 1. The van der Waals surface area contributed by atoms with Crippen molar-refractivity contribution in [2.24, 2.45) is 0 Å². The Kier molecular flexibility index (Phi) is 7.33. The van der Waals surface area contributed by atoms with Crippen molar-refractivity contribution in [1.82, 2.24) is 5.32 Å². The highest BCUT2D eigenvalue weighted by Crippen LogP contribution is 2.37. The highest BCUT2D eigenvalue weighted by atomic mass is 35.5. The maximum Gasteiger partial charge on any atom is 0.416 e. The Labute approximate surface area is 189 Å². The van der Waals surface area contributed by atoms with Gasteiger partial charge in [0.15, 0.2) is 0 Å². The van der Waals surface area contributed by atoms with E-state index >= 15 is 0 Å². The van der Waals surface area contributed by atoms with Crippen LogP contribution in [0.2, 0.25) is 5.02 Å². The van der Waals surface area contributed by atoms with Crippen LogP contribution in [-0.4, -0.2) is 18.8 Å². The topological polar surface area (TPSA) is 44.7 Å². The third kappa shape index (κ3) is 5.36. The van der Waals surface area contributed by atoms with Crippen LogP contribution >= 0.6 is 11.6 Å². The van der Waals surface area contributed by atoms with Crippen molar-refractivity contribution >= 4 is 17.3 Å². The van der Waals surface area contributed by atoms with Crippen LogP contribution in [0.15, 0.2) is 85.2 Å². The molecule has 1 heterocycles. The SMILES string of the molecule is C=C1NCC(c2cccc(C(F)(F)F)c2)N1c1ccc(Oc2ccc(Cl)cc2)cc1.CO. The van der Waals surface area contributed by atoms with Gasteiger partial charge < -0.3 is 20.1 Å². The van der Waals surface area contributed by atoms with Crippen molar-refractivity contribution < 1.29 is 23.0 Å². The molecule has 8 heteroatoms. The van der Waals surface area contributed by atoms with Gasteiger partial charge in [0, 0.05) is 24.4 Å². The molecule has 3 aromatic rings. The average molecular weight is 463 g/mol. The molecule has 1 unspecified atom stereocenters. The smallest absolute Gasteiger partial charge is 0.416 e. The number of halogens is 4. The van der Waals surface area contributed by atoms with Crippen LogP contribution in [0.5, 0.6) is 11.5 Å². The van der Waals surface area contributed by atoms with Gasteiger partial charge >= 0.3 is 6.18 Å². The van der Waals surface area contributed by atoms with E-state index in [2.05, 4.69) is 11.9 Å². The van der Waals surface area contributed by atoms with Gasteiger partial charge in [-0.1, -0.05) is 30.3 Å². The van der Waals surface area contributed by atoms with Gasteiger partial charge in [0.25, 0.3) is 0 Å². The molecule has 1 atom stereocenters. The van der Waals surface area contributed by atoms with Crippen molar-refractivity contribution in [3.8, 4) is 11.5 Å². The molecule has 0 spiro atoms. The molecule has 1 fully saturated rings. The minimum Gasteiger partial charge on any atom is -0.457 e. The highest BCUT2D eigenvalue weighted by molar-refractivity contribution is 6.30. The van der Waals surface area contributed by atoms with Crippen LogP contribution in [0.3, 0.4) is 0 Å². The Balaban J connectivity index is 0.00000141. The summed E-state index contributed by atoms with van der Waals surface area (Å²) in [5.41, 5.74) is 0.706. The second kappa shape index (κ2) is 9.97. The van der Waals surface area contributed by atoms with Gasteiger partial charge in [-0.15, -0.1) is 0 Å². The van der Waals surface area contributed by atoms with Gasteiger partial charge in [0.1, 0.15) is 11.5 Å². The minimum absolute atomic E-state index is 0.303. The second-order valence-electron chi connectivity index (χ2n) is 6.89. The summed E-state index contributed by atoms with van der Waals surface area (Å²) in [6, 6.07) is 19.4. The molecule has 4 nitrogen and oxygen atoms in total. The summed E-state index contributed by atoms with van der Waals surface area (Å²) < 4.78 is 45.2. The van der Waals surface area contributed by atoms with Crippen LogP contribution in [0.1, 0.15) is 17.2 Å². The summed E-state index contributed by atoms with van der Waals surface area (Å²) in [5.74, 6) is 1.92. The zero-order chi connectivity index (χ0) is 23.3. The van der Waals surface area contributed by atoms with E-state index in [1.807, 2.05) is 17.0 Å². The predicted octanol–water partition coefficient (Wildman–Crippen LogP) is 6.38. The molecule has 0 aromatic heterocycles. The zero-order valence-corrected chi connectivity index (χ0v) is 18.0. The monoisotopic (exact) mass is 462 g/mol. The number of alkyl halides is 3. The number of nitrogens with one attached hydrogen (secondary N) is 1. The molecule has 1 saturated heterocycles. The minimum atomic E-state index is -4.38. The van der Waals surface area contributed by atoms with Crippen molar-refractivity contribution in [2.45, 2.75) is 12.2 Å². The largest absolute Gasteiger partial charge is 0.457 e. The van der Waals surface area contributed by atoms with Gasteiger partial charge in [-0.25, -0.2) is 0 Å². The predicted molar refractivity (Wildman–Crippen MR) is 120 cm³/mol. The second-order valence-corrected chi connectivity index (χ2v) is 7.32. The number of aliphatic hydroxyl groups is 1. The van der Waals surface area contributed by atoms with Gasteiger partial charge in [0.2, 0.25) is 0 Å². The maximum atomic E-state index is 13.1. The van der Waals surface area contributed by atoms with E-state index in [1.165, 1.54) is 12.1 Å². The highest BCUT2D eigenvalue weighted by Gasteiger charge is 2.34. The fourth-order valence-electron chi connectivity index (χ4n) is 3.42. The molecule has 1 aliphatic rings. The molecule has 3 aromatic carbocycles. The van der Waals surface area contributed by atoms with Crippen molar-refractivity contribution in [1.29, 1.82) is 0 Å². The van der Waals surface area contributed by atoms with Crippen molar-refractivity contribution in [2.75, 3.05) is 18.6 Å². The lowest BCUT2D eigenvalue weighted by molar-refractivity contribution is -0.137. The first-order valence-electron chi connectivity index (χ1n) is 9.68. The fourth-order valence-corrected chi connectivity index (χ4v) is 3.54. The molecule has 0 saturated carbocycles. The van der Waals surface area contributed by atoms with Crippen LogP contribution < -0.4 is 15.0 Å². The third-order valence-corrected chi connectivity index (χ3v) is 5.12. The van der Waals surface area contributed by atoms with Crippen LogP contribution in [0.4, 0.5) is 18.9 Å². The van der Waals surface area contributed by atoms with Gasteiger partial charge in [-0.3, -0.25) is 0 Å². The quantitative estimate of drug-likeness (QED) is 0.472. The summed E-state index contributed by atoms with van der Waals surface area (Å²) >= 11 is 5.88. The standard InChI is InChI=1S/C23H18ClF3N2O.CH4O/c1-15-28-14-22(16-3-2-4-17(13-16)23(25,26)27)29(15)19-7-11-21(12-8-19)30-20-9-5-18(24)6-10-20;1-2/h2-13,22,28H,1,14H2;2H,1H3. The molecule has 0 amide bonds. The lowest BCUT2D eigenvalue weighted by atomic mass is 10.0. The molecule has 168 valence electrons. The van der Waals surface area contributed by atoms with E-state index in [-0.39, 0.29) is 6.04 Å². The van der Waals surface area contributed by atoms with E-state index in [0.29, 0.717) is 34.5 Å². The Bertz CT molecular complexity index is 1050. The normalized spacial score (nSPS) is 15.6. The van der Waals surface area contributed by atoms with Crippen molar-refractivity contribution in [3.63, 3.8) is 0 Å². The Hall–Kier alpha value is -3.16. The van der Waals surface area contributed by atoms with E-state index in [0.717, 1.165) is 18.9 Å². The number of benzene rings is 3. The molecule has 1 aliphatic heterocycles. The number of ether oxygens (including phenoxy) is 1. The summed E-state index contributed by atoms with van der Waals surface area (Å²) in [5, 5.41) is 10.8. The van der Waals surface area contributed by atoms with Crippen molar-refractivity contribution in [3.05, 3.63) is 101 Å². The molecule has 0 bridgehead atoms. The van der Waals surface area contributed by atoms with E-state index in [1.54, 1.807) is 42.5 Å². The van der Waals surface area contributed by atoms with Gasteiger partial charge in [-0.2, -0.15) is 13.2 Å². The number of nitrogens with zero attached hydrogens (tertiary/aromatic N) is 1. The van der Waals surface area contributed by atoms with Gasteiger partial charge in [-0.05, 0) is 66.2 Å². The molecule has 32 heavy (non-hydrogen) atoms. The van der Waals surface area contributed by atoms with Crippen LogP contribution in [-0.2, 0) is 6.18 Å². The van der Waals surface area contributed by atoms with E-state index < -0.39 is 11.7 Å². The number of hydrogen-bond acceptors (Lipinski definition) is 4. The number of aliphatic hydroxyl groups excluding tert-OH is 1. The molecular formula is C24H22ClF3N2O2.